The summed E-state index contributed by atoms with van der Waals surface area (Å²) in [5.74, 6) is 1.25. The Morgan fingerprint density at radius 2 is 2.18 bits per heavy atom. The Kier molecular flexibility index (Phi) is 4.04. The lowest BCUT2D eigenvalue weighted by Crippen LogP contribution is -2.19. The fraction of sp³-hybridized carbons (Fsp3) is 0.467. The Labute approximate surface area is 128 Å². The van der Waals surface area contributed by atoms with Crippen LogP contribution < -0.4 is 5.32 Å². The summed E-state index contributed by atoms with van der Waals surface area (Å²) < 4.78 is 6.48. The van der Waals surface area contributed by atoms with Crippen molar-refractivity contribution in [1.82, 2.24) is 20.0 Å². The minimum Gasteiger partial charge on any atom is -0.469 e. The molecular weight excluding hydrogens is 282 g/mol. The number of anilines is 1. The fourth-order valence-corrected chi connectivity index (χ4v) is 2.77. The Morgan fingerprint density at radius 3 is 2.82 bits per heavy atom. The number of carbonyl (C=O) groups is 1. The van der Waals surface area contributed by atoms with E-state index in [2.05, 4.69) is 20.6 Å². The van der Waals surface area contributed by atoms with Crippen LogP contribution >= 0.6 is 0 Å². The molecule has 0 aromatic carbocycles. The molecule has 0 unspecified atom stereocenters. The van der Waals surface area contributed by atoms with Gasteiger partial charge in [0.25, 0.3) is 0 Å². The third kappa shape index (κ3) is 3.08. The maximum Gasteiger partial charge on any atom is 0.308 e. The summed E-state index contributed by atoms with van der Waals surface area (Å²) in [6.45, 7) is 1.93. The number of esters is 1. The van der Waals surface area contributed by atoms with Crippen molar-refractivity contribution in [3.8, 4) is 5.82 Å². The topological polar surface area (TPSA) is 81.9 Å². The van der Waals surface area contributed by atoms with Crippen molar-refractivity contribution in [2.75, 3.05) is 12.4 Å². The standard InChI is InChI=1S/C15H19N5O2/c1-10-7-8-20(19-10)14-6-5-13(17-18-14)16-12-4-3-11(9-12)15(21)22-2/h5-8,11-12H,3-4,9H2,1-2H3,(H,16,17)/t11-,12+/m0/s1. The van der Waals surface area contributed by atoms with Crippen molar-refractivity contribution in [3.05, 3.63) is 30.1 Å². The van der Waals surface area contributed by atoms with E-state index in [9.17, 15) is 4.79 Å². The molecular formula is C15H19N5O2. The van der Waals surface area contributed by atoms with Crippen LogP contribution in [0, 0.1) is 12.8 Å². The molecule has 7 nitrogen and oxygen atoms in total. The molecule has 0 bridgehead atoms. The Bertz CT molecular complexity index is 652. The van der Waals surface area contributed by atoms with Crippen molar-refractivity contribution >= 4 is 11.8 Å². The minimum atomic E-state index is -0.125. The molecule has 3 rings (SSSR count). The van der Waals surface area contributed by atoms with Gasteiger partial charge in [0.2, 0.25) is 0 Å². The van der Waals surface area contributed by atoms with Gasteiger partial charge in [0, 0.05) is 12.2 Å². The van der Waals surface area contributed by atoms with Gasteiger partial charge in [-0.2, -0.15) is 5.10 Å². The molecule has 1 aliphatic carbocycles. The number of nitrogens with zero attached hydrogens (tertiary/aromatic N) is 4. The van der Waals surface area contributed by atoms with E-state index in [0.717, 1.165) is 25.0 Å². The van der Waals surface area contributed by atoms with Gasteiger partial charge in [-0.3, -0.25) is 4.79 Å². The molecule has 0 radical (unpaired) electrons. The number of rotatable bonds is 4. The first-order valence-corrected chi connectivity index (χ1v) is 7.36. The molecule has 2 aromatic heterocycles. The van der Waals surface area contributed by atoms with Gasteiger partial charge < -0.3 is 10.1 Å². The lowest BCUT2D eigenvalue weighted by Gasteiger charge is -2.13. The van der Waals surface area contributed by atoms with E-state index < -0.39 is 0 Å². The van der Waals surface area contributed by atoms with E-state index in [1.54, 1.807) is 4.68 Å². The summed E-state index contributed by atoms with van der Waals surface area (Å²) >= 11 is 0. The normalized spacial score (nSPS) is 20.8. The van der Waals surface area contributed by atoms with E-state index in [4.69, 9.17) is 4.74 Å². The van der Waals surface area contributed by atoms with Crippen LogP contribution in [-0.2, 0) is 9.53 Å². The first kappa shape index (κ1) is 14.5. The highest BCUT2D eigenvalue weighted by Crippen LogP contribution is 2.28. The van der Waals surface area contributed by atoms with Crippen LogP contribution in [0.3, 0.4) is 0 Å². The predicted octanol–water partition coefficient (Wildman–Crippen LogP) is 1.72. The number of hydrogen-bond donors (Lipinski definition) is 1. The van der Waals surface area contributed by atoms with Gasteiger partial charge in [0.05, 0.1) is 18.7 Å². The zero-order valence-corrected chi connectivity index (χ0v) is 12.7. The summed E-state index contributed by atoms with van der Waals surface area (Å²) in [6.07, 6.45) is 4.41. The molecule has 2 atom stereocenters. The van der Waals surface area contributed by atoms with Gasteiger partial charge >= 0.3 is 5.97 Å². The summed E-state index contributed by atoms with van der Waals surface area (Å²) in [5, 5.41) is 16.0. The number of hydrogen-bond acceptors (Lipinski definition) is 6. The van der Waals surface area contributed by atoms with Gasteiger partial charge in [-0.05, 0) is 44.4 Å². The molecule has 1 N–H and O–H groups in total. The van der Waals surface area contributed by atoms with Crippen LogP contribution in [0.25, 0.3) is 5.82 Å². The zero-order valence-electron chi connectivity index (χ0n) is 12.7. The zero-order chi connectivity index (χ0) is 15.5. The maximum atomic E-state index is 11.5. The van der Waals surface area contributed by atoms with E-state index in [-0.39, 0.29) is 17.9 Å². The number of aryl methyl sites for hydroxylation is 1. The molecule has 22 heavy (non-hydrogen) atoms. The monoisotopic (exact) mass is 301 g/mol. The predicted molar refractivity (Wildman–Crippen MR) is 80.7 cm³/mol. The third-order valence-electron chi connectivity index (χ3n) is 3.93. The lowest BCUT2D eigenvalue weighted by molar-refractivity contribution is -0.145. The highest BCUT2D eigenvalue weighted by Gasteiger charge is 2.30. The number of nitrogens with one attached hydrogen (secondary N) is 1. The number of methoxy groups -OCH3 is 1. The van der Waals surface area contributed by atoms with Crippen LogP contribution in [0.2, 0.25) is 0 Å². The summed E-state index contributed by atoms with van der Waals surface area (Å²) in [6, 6.07) is 5.90. The maximum absolute atomic E-state index is 11.5. The fourth-order valence-electron chi connectivity index (χ4n) is 2.77. The lowest BCUT2D eigenvalue weighted by atomic mass is 10.1. The molecule has 0 saturated heterocycles. The van der Waals surface area contributed by atoms with Gasteiger partial charge in [-0.15, -0.1) is 10.2 Å². The van der Waals surface area contributed by atoms with Crippen LogP contribution in [0.5, 0.6) is 0 Å². The summed E-state index contributed by atoms with van der Waals surface area (Å²) in [4.78, 5) is 11.5. The van der Waals surface area contributed by atoms with Crippen LogP contribution in [-0.4, -0.2) is 39.1 Å². The summed E-state index contributed by atoms with van der Waals surface area (Å²) in [5.41, 5.74) is 0.934. The number of carbonyl (C=O) groups excluding carboxylic acids is 1. The molecule has 0 amide bonds. The molecule has 2 aromatic rings. The van der Waals surface area contributed by atoms with Crippen LogP contribution in [0.1, 0.15) is 25.0 Å². The van der Waals surface area contributed by atoms with E-state index in [0.29, 0.717) is 11.6 Å². The van der Waals surface area contributed by atoms with E-state index in [1.165, 1.54) is 7.11 Å². The first-order chi connectivity index (χ1) is 10.7. The van der Waals surface area contributed by atoms with Crippen molar-refractivity contribution in [2.45, 2.75) is 32.2 Å². The molecule has 1 fully saturated rings. The van der Waals surface area contributed by atoms with Crippen molar-refractivity contribution in [1.29, 1.82) is 0 Å². The second kappa shape index (κ2) is 6.13. The Balaban J connectivity index is 1.61. The molecule has 1 aliphatic rings. The SMILES string of the molecule is COC(=O)[C@H]1CC[C@@H](Nc2ccc(-n3ccc(C)n3)nn2)C1. The van der Waals surface area contributed by atoms with Gasteiger partial charge in [-0.25, -0.2) is 4.68 Å². The second-order valence-electron chi connectivity index (χ2n) is 5.55. The second-order valence-corrected chi connectivity index (χ2v) is 5.55. The molecule has 116 valence electrons. The molecule has 0 spiro atoms. The molecule has 2 heterocycles. The van der Waals surface area contributed by atoms with Crippen LogP contribution in [0.4, 0.5) is 5.82 Å². The third-order valence-corrected chi connectivity index (χ3v) is 3.93. The Morgan fingerprint density at radius 1 is 1.32 bits per heavy atom. The van der Waals surface area contributed by atoms with Gasteiger partial charge in [0.15, 0.2) is 5.82 Å². The van der Waals surface area contributed by atoms with Crippen LogP contribution in [0.15, 0.2) is 24.4 Å². The largest absolute Gasteiger partial charge is 0.469 e. The van der Waals surface area contributed by atoms with Gasteiger partial charge in [0.1, 0.15) is 5.82 Å². The quantitative estimate of drug-likeness (QED) is 0.866. The first-order valence-electron chi connectivity index (χ1n) is 7.36. The minimum absolute atomic E-state index is 0.0122. The molecule has 1 saturated carbocycles. The highest BCUT2D eigenvalue weighted by molar-refractivity contribution is 5.72. The van der Waals surface area contributed by atoms with Crippen molar-refractivity contribution in [3.63, 3.8) is 0 Å². The molecule has 7 heteroatoms. The van der Waals surface area contributed by atoms with Crippen molar-refractivity contribution in [2.24, 2.45) is 5.92 Å². The average Bonchev–Trinajstić information content (AvgIpc) is 3.16. The molecule has 0 aliphatic heterocycles. The number of aromatic nitrogens is 4. The van der Waals surface area contributed by atoms with E-state index >= 15 is 0 Å². The summed E-state index contributed by atoms with van der Waals surface area (Å²) in [7, 11) is 1.43. The van der Waals surface area contributed by atoms with Crippen molar-refractivity contribution < 1.29 is 9.53 Å². The Hall–Kier alpha value is -2.44. The smallest absolute Gasteiger partial charge is 0.308 e. The average molecular weight is 301 g/mol. The van der Waals surface area contributed by atoms with Gasteiger partial charge in [-0.1, -0.05) is 0 Å². The van der Waals surface area contributed by atoms with E-state index in [1.807, 2.05) is 31.3 Å². The number of ether oxygens (including phenoxy) is 1. The highest BCUT2D eigenvalue weighted by atomic mass is 16.5.